The molecule has 0 bridgehead atoms. The first-order valence-corrected chi connectivity index (χ1v) is 11.8. The Balaban J connectivity index is 0.000000151. The molecule has 0 aliphatic carbocycles. The first-order valence-electron chi connectivity index (χ1n) is 11.4. The molecule has 0 atom stereocenters. The van der Waals surface area contributed by atoms with Gasteiger partial charge in [-0.1, -0.05) is 49.4 Å². The second-order valence-electron chi connectivity index (χ2n) is 8.24. The Morgan fingerprint density at radius 3 is 2.45 bits per heavy atom. The average Bonchev–Trinajstić information content (AvgIpc) is 3.53. The minimum Gasteiger partial charge on any atom is -0.334 e. The molecular weight excluding hydrogens is 502 g/mol. The number of aromatic nitrogens is 6. The number of fused-ring (bicyclic) bond motifs is 6. The molecule has 7 rings (SSSR count). The molecule has 1 amide bonds. The van der Waals surface area contributed by atoms with Crippen LogP contribution in [0.5, 0.6) is 0 Å². The molecule has 0 unspecified atom stereocenters. The van der Waals surface area contributed by atoms with Crippen LogP contribution >= 0.6 is 11.6 Å². The summed E-state index contributed by atoms with van der Waals surface area (Å²) in [5.74, 6) is 1.24. The number of nitrogens with zero attached hydrogens (tertiary/aromatic N) is 5. The highest BCUT2D eigenvalue weighted by Gasteiger charge is 2.26. The number of nitrogens with one attached hydrogen (secondary N) is 2. The number of amides is 1. The fourth-order valence-corrected chi connectivity index (χ4v) is 4.34. The summed E-state index contributed by atoms with van der Waals surface area (Å²) in [5, 5.41) is 2.90. The molecule has 1 aliphatic rings. The molecule has 5 heterocycles. The Hall–Kier alpha value is -4.89. The van der Waals surface area contributed by atoms with E-state index in [9.17, 15) is 9.59 Å². The van der Waals surface area contributed by atoms with Gasteiger partial charge in [-0.25, -0.2) is 19.9 Å². The lowest BCUT2D eigenvalue weighted by Gasteiger charge is -2.16. The van der Waals surface area contributed by atoms with Crippen LogP contribution in [-0.2, 0) is 6.42 Å². The second kappa shape index (κ2) is 10.2. The number of hydrogen-bond donors (Lipinski definition) is 2. The van der Waals surface area contributed by atoms with Crippen molar-refractivity contribution < 1.29 is 9.59 Å². The van der Waals surface area contributed by atoms with Crippen LogP contribution in [0.4, 0.5) is 5.69 Å². The number of imidazole rings is 2. The zero-order valence-corrected chi connectivity index (χ0v) is 20.0. The van der Waals surface area contributed by atoms with Gasteiger partial charge in [-0.2, -0.15) is 0 Å². The minimum absolute atomic E-state index is 0. The van der Waals surface area contributed by atoms with Crippen LogP contribution in [0.3, 0.4) is 0 Å². The van der Waals surface area contributed by atoms with Crippen molar-refractivity contribution in [1.82, 2.24) is 29.5 Å². The van der Waals surface area contributed by atoms with Crippen molar-refractivity contribution >= 4 is 51.0 Å². The Morgan fingerprint density at radius 2 is 1.63 bits per heavy atom. The number of rotatable bonds is 2. The van der Waals surface area contributed by atoms with Crippen molar-refractivity contribution in [3.05, 3.63) is 108 Å². The number of carbonyl (C=O) groups excluding carboxylic acids is 2. The van der Waals surface area contributed by atoms with E-state index in [1.807, 2.05) is 65.2 Å². The van der Waals surface area contributed by atoms with Gasteiger partial charge in [-0.05, 0) is 42.5 Å². The average molecular weight is 524 g/mol. The maximum absolute atomic E-state index is 12.1. The largest absolute Gasteiger partial charge is 0.334 e. The van der Waals surface area contributed by atoms with Crippen molar-refractivity contribution in [1.29, 1.82) is 0 Å². The highest BCUT2D eigenvalue weighted by molar-refractivity contribution is 6.32. The van der Waals surface area contributed by atoms with Crippen LogP contribution < -0.4 is 5.32 Å². The van der Waals surface area contributed by atoms with E-state index >= 15 is 0 Å². The van der Waals surface area contributed by atoms with E-state index in [1.54, 1.807) is 24.5 Å². The molecule has 9 nitrogen and oxygen atoms in total. The summed E-state index contributed by atoms with van der Waals surface area (Å²) in [6.07, 6.45) is 3.68. The van der Waals surface area contributed by atoms with E-state index in [-0.39, 0.29) is 30.1 Å². The standard InChI is InChI=1S/C14H9N3O.C13H9ClN4O.CH4/c18-12-8-9-4-3-7-15-13(9)17-11-6-2-1-5-10(11)16-14(12)17;14-11-10(6-3-7-15-11)18-13(19)12-16-8-4-1-2-5-9(8)17-12;/h1-7H,8H2;1-7H,(H,16,17)(H,18,19);1H4. The van der Waals surface area contributed by atoms with Crippen molar-refractivity contribution in [2.24, 2.45) is 0 Å². The van der Waals surface area contributed by atoms with Crippen LogP contribution in [-0.4, -0.2) is 41.2 Å². The second-order valence-corrected chi connectivity index (χ2v) is 8.60. The fraction of sp³-hybridized carbons (Fsp3) is 0.0714. The van der Waals surface area contributed by atoms with Crippen LogP contribution in [0.15, 0.2) is 85.2 Å². The van der Waals surface area contributed by atoms with E-state index in [0.717, 1.165) is 33.4 Å². The molecule has 0 saturated heterocycles. The topological polar surface area (TPSA) is 118 Å². The Bertz CT molecular complexity index is 1780. The number of Topliss-reactive ketones (excluding diaryl/α,β-unsaturated/α-hetero) is 1. The monoisotopic (exact) mass is 523 g/mol. The number of hydrogen-bond acceptors (Lipinski definition) is 6. The van der Waals surface area contributed by atoms with Crippen molar-refractivity contribution in [2.75, 3.05) is 5.32 Å². The number of halogens is 1. The van der Waals surface area contributed by atoms with E-state index in [4.69, 9.17) is 11.6 Å². The molecule has 188 valence electrons. The number of anilines is 1. The van der Waals surface area contributed by atoms with Gasteiger partial charge in [0.25, 0.3) is 5.91 Å². The van der Waals surface area contributed by atoms with E-state index in [1.165, 1.54) is 0 Å². The van der Waals surface area contributed by atoms with Gasteiger partial charge in [0.1, 0.15) is 5.82 Å². The van der Waals surface area contributed by atoms with Crippen LogP contribution in [0, 0.1) is 0 Å². The van der Waals surface area contributed by atoms with Crippen LogP contribution in [0.2, 0.25) is 5.15 Å². The molecule has 2 N–H and O–H groups in total. The van der Waals surface area contributed by atoms with Gasteiger partial charge in [0.05, 0.1) is 27.8 Å². The van der Waals surface area contributed by atoms with Gasteiger partial charge in [0, 0.05) is 24.4 Å². The van der Waals surface area contributed by atoms with Crippen molar-refractivity contribution in [3.8, 4) is 5.82 Å². The number of H-pyrrole nitrogens is 1. The first-order chi connectivity index (χ1) is 18.1. The number of ketones is 1. The summed E-state index contributed by atoms with van der Waals surface area (Å²) in [6, 6.07) is 22.3. The Labute approximate surface area is 222 Å². The SMILES string of the molecule is C.O=C(Nc1cccnc1Cl)c1nc2ccccc2[nH]1.O=C1Cc2cccnc2-n2c1nc1ccccc12. The van der Waals surface area contributed by atoms with Crippen LogP contribution in [0.1, 0.15) is 34.2 Å². The van der Waals surface area contributed by atoms with E-state index in [0.29, 0.717) is 17.9 Å². The smallest absolute Gasteiger partial charge is 0.291 e. The number of carbonyl (C=O) groups is 2. The summed E-state index contributed by atoms with van der Waals surface area (Å²) in [7, 11) is 0. The summed E-state index contributed by atoms with van der Waals surface area (Å²) < 4.78 is 1.86. The lowest BCUT2D eigenvalue weighted by molar-refractivity contribution is 0.0976. The van der Waals surface area contributed by atoms with Gasteiger partial charge in [0.2, 0.25) is 5.78 Å². The molecule has 1 aliphatic heterocycles. The molecule has 0 radical (unpaired) electrons. The van der Waals surface area contributed by atoms with E-state index < -0.39 is 0 Å². The molecule has 0 spiro atoms. The predicted octanol–water partition coefficient (Wildman–Crippen LogP) is 5.66. The van der Waals surface area contributed by atoms with Crippen molar-refractivity contribution in [2.45, 2.75) is 13.8 Å². The maximum Gasteiger partial charge on any atom is 0.291 e. The lowest BCUT2D eigenvalue weighted by atomic mass is 10.1. The number of benzene rings is 2. The molecule has 10 heteroatoms. The van der Waals surface area contributed by atoms with Gasteiger partial charge < -0.3 is 10.3 Å². The number of pyridine rings is 2. The molecule has 0 saturated carbocycles. The first kappa shape index (κ1) is 24.8. The molecular formula is C28H22ClN7O2. The van der Waals surface area contributed by atoms with Crippen LogP contribution in [0.25, 0.3) is 27.9 Å². The quantitative estimate of drug-likeness (QED) is 0.283. The maximum atomic E-state index is 12.1. The summed E-state index contributed by atoms with van der Waals surface area (Å²) >= 11 is 5.88. The minimum atomic E-state index is -0.355. The van der Waals surface area contributed by atoms with Gasteiger partial charge >= 0.3 is 0 Å². The van der Waals surface area contributed by atoms with Gasteiger partial charge in [-0.3, -0.25) is 14.2 Å². The van der Waals surface area contributed by atoms with Gasteiger partial charge in [0.15, 0.2) is 16.8 Å². The normalized spacial score (nSPS) is 11.7. The summed E-state index contributed by atoms with van der Waals surface area (Å²) in [4.78, 5) is 44.0. The molecule has 2 aromatic carbocycles. The third-order valence-electron chi connectivity index (χ3n) is 5.85. The Morgan fingerprint density at radius 1 is 0.895 bits per heavy atom. The Kier molecular flexibility index (Phi) is 6.68. The number of para-hydroxylation sites is 4. The third-order valence-corrected chi connectivity index (χ3v) is 6.15. The van der Waals surface area contributed by atoms with Gasteiger partial charge in [-0.15, -0.1) is 0 Å². The predicted molar refractivity (Wildman–Crippen MR) is 147 cm³/mol. The zero-order chi connectivity index (χ0) is 25.4. The fourth-order valence-electron chi connectivity index (χ4n) is 4.17. The molecule has 38 heavy (non-hydrogen) atoms. The van der Waals surface area contributed by atoms with Crippen molar-refractivity contribution in [3.63, 3.8) is 0 Å². The highest BCUT2D eigenvalue weighted by Crippen LogP contribution is 2.27. The highest BCUT2D eigenvalue weighted by atomic mass is 35.5. The molecule has 6 aromatic rings. The van der Waals surface area contributed by atoms with E-state index in [2.05, 4.69) is 30.2 Å². The number of aromatic amines is 1. The summed E-state index contributed by atoms with van der Waals surface area (Å²) in [5.41, 5.74) is 4.72. The third kappa shape index (κ3) is 4.51. The lowest BCUT2D eigenvalue weighted by Crippen LogP contribution is -2.20. The summed E-state index contributed by atoms with van der Waals surface area (Å²) in [6.45, 7) is 0. The zero-order valence-electron chi connectivity index (χ0n) is 19.2. The molecule has 4 aromatic heterocycles. The molecule has 0 fully saturated rings.